The third kappa shape index (κ3) is 5.29. The Balaban J connectivity index is 1.52. The van der Waals surface area contributed by atoms with E-state index in [0.717, 1.165) is 11.3 Å². The fourth-order valence-electron chi connectivity index (χ4n) is 3.18. The van der Waals surface area contributed by atoms with Gasteiger partial charge in [-0.1, -0.05) is 12.1 Å². The molecule has 1 aliphatic rings. The van der Waals surface area contributed by atoms with Gasteiger partial charge >= 0.3 is 6.03 Å². The zero-order valence-corrected chi connectivity index (χ0v) is 15.8. The van der Waals surface area contributed by atoms with Crippen molar-refractivity contribution in [3.8, 4) is 0 Å². The van der Waals surface area contributed by atoms with Crippen LogP contribution in [0.5, 0.6) is 0 Å². The van der Waals surface area contributed by atoms with Crippen LogP contribution in [0.2, 0.25) is 0 Å². The Bertz CT molecular complexity index is 766. The Morgan fingerprint density at radius 2 is 2.04 bits per heavy atom. The number of aromatic nitrogens is 3. The van der Waals surface area contributed by atoms with Gasteiger partial charge in [-0.2, -0.15) is 5.10 Å². The van der Waals surface area contributed by atoms with Gasteiger partial charge in [0.05, 0.1) is 6.54 Å². The summed E-state index contributed by atoms with van der Waals surface area (Å²) in [4.78, 5) is 30.4. The highest BCUT2D eigenvalue weighted by molar-refractivity contribution is 5.92. The van der Waals surface area contributed by atoms with Crippen LogP contribution in [0.25, 0.3) is 0 Å². The maximum absolute atomic E-state index is 12.6. The first-order valence-corrected chi connectivity index (χ1v) is 9.29. The van der Waals surface area contributed by atoms with Gasteiger partial charge < -0.3 is 15.5 Å². The Hall–Kier alpha value is -2.90. The van der Waals surface area contributed by atoms with E-state index in [9.17, 15) is 9.59 Å². The number of nitrogens with one attached hydrogen (secondary N) is 2. The third-order valence-electron chi connectivity index (χ3n) is 4.57. The summed E-state index contributed by atoms with van der Waals surface area (Å²) in [5.41, 5.74) is 1.82. The SMILES string of the molecule is CC(C)NC(=O)N1CCC(C(=O)Nc2cccc(Cn3cncn3)c2)CC1. The van der Waals surface area contributed by atoms with Crippen LogP contribution in [0, 0.1) is 5.92 Å². The minimum atomic E-state index is -0.0768. The van der Waals surface area contributed by atoms with Gasteiger partial charge in [0.1, 0.15) is 12.7 Å². The van der Waals surface area contributed by atoms with Crippen molar-refractivity contribution < 1.29 is 9.59 Å². The highest BCUT2D eigenvalue weighted by Gasteiger charge is 2.27. The molecule has 2 aromatic rings. The molecule has 1 aliphatic heterocycles. The highest BCUT2D eigenvalue weighted by atomic mass is 16.2. The van der Waals surface area contributed by atoms with E-state index in [4.69, 9.17) is 0 Å². The third-order valence-corrected chi connectivity index (χ3v) is 4.57. The molecule has 144 valence electrons. The number of carbonyl (C=O) groups is 2. The van der Waals surface area contributed by atoms with Crippen molar-refractivity contribution >= 4 is 17.6 Å². The Morgan fingerprint density at radius 1 is 1.26 bits per heavy atom. The smallest absolute Gasteiger partial charge is 0.317 e. The van der Waals surface area contributed by atoms with Gasteiger partial charge in [0, 0.05) is 30.7 Å². The minimum absolute atomic E-state index is 0.0109. The first kappa shape index (κ1) is 18.9. The van der Waals surface area contributed by atoms with Crippen molar-refractivity contribution in [2.75, 3.05) is 18.4 Å². The lowest BCUT2D eigenvalue weighted by Gasteiger charge is -2.32. The molecule has 1 fully saturated rings. The van der Waals surface area contributed by atoms with E-state index >= 15 is 0 Å². The average Bonchev–Trinajstić information content (AvgIpc) is 3.14. The normalized spacial score (nSPS) is 15.0. The van der Waals surface area contributed by atoms with Crippen LogP contribution in [-0.2, 0) is 11.3 Å². The lowest BCUT2D eigenvalue weighted by atomic mass is 9.96. The molecule has 1 aromatic heterocycles. The monoisotopic (exact) mass is 370 g/mol. The molecule has 3 rings (SSSR count). The average molecular weight is 370 g/mol. The van der Waals surface area contributed by atoms with Crippen molar-refractivity contribution in [2.24, 2.45) is 5.92 Å². The standard InChI is InChI=1S/C19H26N6O2/c1-14(2)22-19(27)24-8-6-16(7-9-24)18(26)23-17-5-3-4-15(10-17)11-25-13-20-12-21-25/h3-5,10,12-14,16H,6-9,11H2,1-2H3,(H,22,27)(H,23,26). The second-order valence-corrected chi connectivity index (χ2v) is 7.15. The molecular weight excluding hydrogens is 344 g/mol. The molecule has 27 heavy (non-hydrogen) atoms. The van der Waals surface area contributed by atoms with Crippen molar-refractivity contribution in [3.05, 3.63) is 42.5 Å². The van der Waals surface area contributed by atoms with Gasteiger partial charge in [0.15, 0.2) is 0 Å². The molecule has 0 radical (unpaired) electrons. The molecule has 2 heterocycles. The number of hydrogen-bond donors (Lipinski definition) is 2. The molecule has 0 bridgehead atoms. The first-order valence-electron chi connectivity index (χ1n) is 9.29. The number of rotatable bonds is 5. The van der Waals surface area contributed by atoms with E-state index in [-0.39, 0.29) is 23.9 Å². The van der Waals surface area contributed by atoms with Crippen LogP contribution in [0.3, 0.4) is 0 Å². The fraction of sp³-hybridized carbons (Fsp3) is 0.474. The van der Waals surface area contributed by atoms with Gasteiger partial charge in [-0.3, -0.25) is 4.79 Å². The first-order chi connectivity index (χ1) is 13.0. The molecule has 0 unspecified atom stereocenters. The van der Waals surface area contributed by atoms with Crippen molar-refractivity contribution in [1.82, 2.24) is 25.0 Å². The summed E-state index contributed by atoms with van der Waals surface area (Å²) in [7, 11) is 0. The number of likely N-dealkylation sites (tertiary alicyclic amines) is 1. The van der Waals surface area contributed by atoms with E-state index in [2.05, 4.69) is 20.7 Å². The van der Waals surface area contributed by atoms with Crippen LogP contribution in [0.15, 0.2) is 36.9 Å². The molecule has 1 aromatic carbocycles. The van der Waals surface area contributed by atoms with E-state index < -0.39 is 0 Å². The molecule has 0 spiro atoms. The maximum Gasteiger partial charge on any atom is 0.317 e. The number of anilines is 1. The van der Waals surface area contributed by atoms with E-state index in [1.807, 2.05) is 38.1 Å². The quantitative estimate of drug-likeness (QED) is 0.843. The number of piperidine rings is 1. The molecule has 1 saturated heterocycles. The highest BCUT2D eigenvalue weighted by Crippen LogP contribution is 2.20. The number of benzene rings is 1. The Morgan fingerprint density at radius 3 is 2.70 bits per heavy atom. The molecule has 0 saturated carbocycles. The summed E-state index contributed by atoms with van der Waals surface area (Å²) in [6.45, 7) is 5.68. The second kappa shape index (κ2) is 8.66. The Labute approximate surface area is 159 Å². The van der Waals surface area contributed by atoms with Gasteiger partial charge in [-0.25, -0.2) is 14.5 Å². The molecule has 8 nitrogen and oxygen atoms in total. The summed E-state index contributed by atoms with van der Waals surface area (Å²) in [6, 6.07) is 7.80. The van der Waals surface area contributed by atoms with Crippen LogP contribution in [0.4, 0.5) is 10.5 Å². The summed E-state index contributed by atoms with van der Waals surface area (Å²) in [5.74, 6) is -0.0658. The van der Waals surface area contributed by atoms with Gasteiger partial charge in [-0.05, 0) is 44.4 Å². The predicted octanol–water partition coefficient (Wildman–Crippen LogP) is 2.09. The molecular formula is C19H26N6O2. The Kier molecular flexibility index (Phi) is 6.05. The van der Waals surface area contributed by atoms with Gasteiger partial charge in [0.25, 0.3) is 0 Å². The summed E-state index contributed by atoms with van der Waals surface area (Å²) < 4.78 is 1.73. The zero-order chi connectivity index (χ0) is 19.2. The predicted molar refractivity (Wildman–Crippen MR) is 102 cm³/mol. The van der Waals surface area contributed by atoms with Crippen LogP contribution < -0.4 is 10.6 Å². The van der Waals surface area contributed by atoms with E-state index in [0.29, 0.717) is 32.5 Å². The zero-order valence-electron chi connectivity index (χ0n) is 15.8. The molecule has 0 aliphatic carbocycles. The van der Waals surface area contributed by atoms with Crippen LogP contribution in [0.1, 0.15) is 32.3 Å². The largest absolute Gasteiger partial charge is 0.336 e. The minimum Gasteiger partial charge on any atom is -0.336 e. The summed E-state index contributed by atoms with van der Waals surface area (Å²) in [5, 5.41) is 10.00. The molecule has 3 amide bonds. The lowest BCUT2D eigenvalue weighted by molar-refractivity contribution is -0.121. The van der Waals surface area contributed by atoms with Crippen LogP contribution in [-0.4, -0.2) is 50.7 Å². The van der Waals surface area contributed by atoms with Crippen molar-refractivity contribution in [1.29, 1.82) is 0 Å². The number of nitrogens with zero attached hydrogens (tertiary/aromatic N) is 4. The molecule has 8 heteroatoms. The fourth-order valence-corrected chi connectivity index (χ4v) is 3.18. The number of amides is 3. The number of urea groups is 1. The number of hydrogen-bond acceptors (Lipinski definition) is 4. The summed E-state index contributed by atoms with van der Waals surface area (Å²) >= 11 is 0. The van der Waals surface area contributed by atoms with Crippen molar-refractivity contribution in [2.45, 2.75) is 39.3 Å². The summed E-state index contributed by atoms with van der Waals surface area (Å²) in [6.07, 6.45) is 4.51. The topological polar surface area (TPSA) is 92.2 Å². The lowest BCUT2D eigenvalue weighted by Crippen LogP contribution is -2.47. The second-order valence-electron chi connectivity index (χ2n) is 7.15. The molecule has 0 atom stereocenters. The van der Waals surface area contributed by atoms with Crippen molar-refractivity contribution in [3.63, 3.8) is 0 Å². The maximum atomic E-state index is 12.6. The van der Waals surface area contributed by atoms with E-state index in [1.165, 1.54) is 6.33 Å². The van der Waals surface area contributed by atoms with Crippen LogP contribution >= 0.6 is 0 Å². The molecule has 2 N–H and O–H groups in total. The van der Waals surface area contributed by atoms with E-state index in [1.54, 1.807) is 15.9 Å². The number of carbonyl (C=O) groups excluding carboxylic acids is 2. The van der Waals surface area contributed by atoms with Gasteiger partial charge in [-0.15, -0.1) is 0 Å². The van der Waals surface area contributed by atoms with Gasteiger partial charge in [0.2, 0.25) is 5.91 Å².